The lowest BCUT2D eigenvalue weighted by atomic mass is 10.2. The minimum Gasteiger partial charge on any atom is -0.275 e. The van der Waals surface area contributed by atoms with E-state index in [4.69, 9.17) is 11.6 Å². The third-order valence-corrected chi connectivity index (χ3v) is 2.22. The molecule has 0 aliphatic rings. The lowest BCUT2D eigenvalue weighted by molar-refractivity contribution is -0.384. The van der Waals surface area contributed by atoms with Crippen molar-refractivity contribution in [3.05, 3.63) is 34.0 Å². The van der Waals surface area contributed by atoms with Crippen LogP contribution in [0.2, 0.25) is 5.15 Å². The van der Waals surface area contributed by atoms with E-state index in [1.54, 1.807) is 13.2 Å². The van der Waals surface area contributed by atoms with Gasteiger partial charge in [-0.25, -0.2) is 9.97 Å². The molecule has 2 aromatic heterocycles. The van der Waals surface area contributed by atoms with Gasteiger partial charge >= 0.3 is 5.69 Å². The van der Waals surface area contributed by atoms with Crippen LogP contribution >= 0.6 is 11.6 Å². The molecule has 16 heavy (non-hydrogen) atoms. The monoisotopic (exact) mass is 239 g/mol. The van der Waals surface area contributed by atoms with Gasteiger partial charge in [0, 0.05) is 18.8 Å². The Balaban J connectivity index is 2.65. The Morgan fingerprint density at radius 2 is 2.25 bits per heavy atom. The zero-order valence-corrected chi connectivity index (χ0v) is 8.92. The summed E-state index contributed by atoms with van der Waals surface area (Å²) in [6.45, 7) is 0. The summed E-state index contributed by atoms with van der Waals surface area (Å²) >= 11 is 5.66. The lowest BCUT2D eigenvalue weighted by Crippen LogP contribution is -1.97. The molecule has 82 valence electrons. The molecule has 0 unspecified atom stereocenters. The highest BCUT2D eigenvalue weighted by atomic mass is 35.5. The normalized spacial score (nSPS) is 10.4. The molecule has 0 N–H and O–H groups in total. The highest BCUT2D eigenvalue weighted by Crippen LogP contribution is 2.31. The lowest BCUT2D eigenvalue weighted by Gasteiger charge is -1.99. The SMILES string of the molecule is Cn1cc(-c2ncnc(Cl)c2[N+](=O)[O-])cn1. The largest absolute Gasteiger partial charge is 0.332 e. The van der Waals surface area contributed by atoms with Crippen LogP contribution in [0.15, 0.2) is 18.7 Å². The quantitative estimate of drug-likeness (QED) is 0.450. The van der Waals surface area contributed by atoms with Gasteiger partial charge in [-0.3, -0.25) is 14.8 Å². The molecule has 0 amide bonds. The summed E-state index contributed by atoms with van der Waals surface area (Å²) in [5.41, 5.74) is 0.383. The molecule has 0 aromatic carbocycles. The number of hydrogen-bond acceptors (Lipinski definition) is 5. The molecule has 2 heterocycles. The Hall–Kier alpha value is -2.02. The van der Waals surface area contributed by atoms with Gasteiger partial charge in [-0.1, -0.05) is 11.6 Å². The van der Waals surface area contributed by atoms with E-state index < -0.39 is 4.92 Å². The van der Waals surface area contributed by atoms with E-state index in [2.05, 4.69) is 15.1 Å². The third-order valence-electron chi connectivity index (χ3n) is 1.94. The Kier molecular flexibility index (Phi) is 2.53. The van der Waals surface area contributed by atoms with Crippen LogP contribution < -0.4 is 0 Å². The van der Waals surface area contributed by atoms with E-state index in [1.165, 1.54) is 17.2 Å². The molecule has 0 saturated carbocycles. The second-order valence-corrected chi connectivity index (χ2v) is 3.38. The second kappa shape index (κ2) is 3.86. The fourth-order valence-electron chi connectivity index (χ4n) is 1.27. The highest BCUT2D eigenvalue weighted by Gasteiger charge is 2.23. The van der Waals surface area contributed by atoms with E-state index in [-0.39, 0.29) is 16.5 Å². The first kappa shape index (κ1) is 10.5. The fourth-order valence-corrected chi connectivity index (χ4v) is 1.48. The Labute approximate surface area is 94.9 Å². The van der Waals surface area contributed by atoms with Crippen molar-refractivity contribution in [2.45, 2.75) is 0 Å². The van der Waals surface area contributed by atoms with Crippen LogP contribution in [0, 0.1) is 10.1 Å². The maximum absolute atomic E-state index is 10.8. The third kappa shape index (κ3) is 1.72. The van der Waals surface area contributed by atoms with Gasteiger partial charge in [0.25, 0.3) is 0 Å². The summed E-state index contributed by atoms with van der Waals surface area (Å²) in [4.78, 5) is 17.7. The molecule has 0 atom stereocenters. The smallest absolute Gasteiger partial charge is 0.275 e. The molecule has 0 spiro atoms. The molecule has 0 fully saturated rings. The Morgan fingerprint density at radius 1 is 1.50 bits per heavy atom. The minimum absolute atomic E-state index is 0.165. The van der Waals surface area contributed by atoms with Crippen molar-refractivity contribution < 1.29 is 4.92 Å². The molecular formula is C8H6ClN5O2. The molecule has 2 rings (SSSR count). The first-order valence-electron chi connectivity index (χ1n) is 4.23. The Morgan fingerprint density at radius 3 is 2.81 bits per heavy atom. The molecule has 0 radical (unpaired) electrons. The van der Waals surface area contributed by atoms with Crippen LogP contribution in [-0.2, 0) is 7.05 Å². The number of halogens is 1. The molecule has 0 bridgehead atoms. The van der Waals surface area contributed by atoms with Gasteiger partial charge in [-0.2, -0.15) is 5.10 Å². The van der Waals surface area contributed by atoms with Gasteiger partial charge in [0.2, 0.25) is 5.15 Å². The molecule has 2 aromatic rings. The van der Waals surface area contributed by atoms with Crippen molar-refractivity contribution >= 4 is 17.3 Å². The summed E-state index contributed by atoms with van der Waals surface area (Å²) in [6.07, 6.45) is 4.27. The van der Waals surface area contributed by atoms with E-state index in [0.717, 1.165) is 0 Å². The molecule has 7 nitrogen and oxygen atoms in total. The van der Waals surface area contributed by atoms with Crippen molar-refractivity contribution in [2.75, 3.05) is 0 Å². The van der Waals surface area contributed by atoms with Gasteiger partial charge in [0.1, 0.15) is 6.33 Å². The topological polar surface area (TPSA) is 86.7 Å². The average Bonchev–Trinajstić information content (AvgIpc) is 2.63. The predicted molar refractivity (Wildman–Crippen MR) is 55.9 cm³/mol. The number of rotatable bonds is 2. The van der Waals surface area contributed by atoms with E-state index in [0.29, 0.717) is 5.56 Å². The minimum atomic E-state index is -0.606. The van der Waals surface area contributed by atoms with Gasteiger partial charge in [-0.05, 0) is 0 Å². The van der Waals surface area contributed by atoms with Crippen molar-refractivity contribution in [1.82, 2.24) is 19.7 Å². The number of aryl methyl sites for hydroxylation is 1. The Bertz CT molecular complexity index is 553. The maximum atomic E-state index is 10.8. The first-order chi connectivity index (χ1) is 7.59. The van der Waals surface area contributed by atoms with Crippen LogP contribution in [0.25, 0.3) is 11.3 Å². The number of hydrogen-bond donors (Lipinski definition) is 0. The molecule has 0 aliphatic carbocycles. The standard InChI is InChI=1S/C8H6ClN5O2/c1-13-3-5(2-12-13)6-7(14(15)16)8(9)11-4-10-6/h2-4H,1H3. The van der Waals surface area contributed by atoms with Crippen LogP contribution in [0.3, 0.4) is 0 Å². The molecule has 0 aliphatic heterocycles. The van der Waals surface area contributed by atoms with Gasteiger partial charge < -0.3 is 0 Å². The highest BCUT2D eigenvalue weighted by molar-refractivity contribution is 6.31. The predicted octanol–water partition coefficient (Wildman–Crippen LogP) is 1.44. The fraction of sp³-hybridized carbons (Fsp3) is 0.125. The zero-order valence-electron chi connectivity index (χ0n) is 8.16. The second-order valence-electron chi connectivity index (χ2n) is 3.02. The van der Waals surface area contributed by atoms with Crippen LogP contribution in [0.4, 0.5) is 5.69 Å². The van der Waals surface area contributed by atoms with Crippen LogP contribution in [0.5, 0.6) is 0 Å². The maximum Gasteiger partial charge on any atom is 0.332 e. The van der Waals surface area contributed by atoms with Crippen molar-refractivity contribution in [2.24, 2.45) is 7.05 Å². The van der Waals surface area contributed by atoms with Gasteiger partial charge in [0.15, 0.2) is 5.69 Å². The summed E-state index contributed by atoms with van der Waals surface area (Å²) in [6, 6.07) is 0. The summed E-state index contributed by atoms with van der Waals surface area (Å²) in [5.74, 6) is 0. The number of nitrogens with zero attached hydrogens (tertiary/aromatic N) is 5. The van der Waals surface area contributed by atoms with Crippen molar-refractivity contribution in [1.29, 1.82) is 0 Å². The van der Waals surface area contributed by atoms with Gasteiger partial charge in [-0.15, -0.1) is 0 Å². The van der Waals surface area contributed by atoms with E-state index in [1.807, 2.05) is 0 Å². The molecule has 0 saturated heterocycles. The summed E-state index contributed by atoms with van der Waals surface area (Å²) in [7, 11) is 1.71. The average molecular weight is 240 g/mol. The molecular weight excluding hydrogens is 234 g/mol. The van der Waals surface area contributed by atoms with Crippen LogP contribution in [0.1, 0.15) is 0 Å². The van der Waals surface area contributed by atoms with Crippen molar-refractivity contribution in [3.8, 4) is 11.3 Å². The van der Waals surface area contributed by atoms with Crippen LogP contribution in [-0.4, -0.2) is 24.7 Å². The van der Waals surface area contributed by atoms with E-state index >= 15 is 0 Å². The number of nitro groups is 1. The number of aromatic nitrogens is 4. The van der Waals surface area contributed by atoms with Gasteiger partial charge in [0.05, 0.1) is 11.1 Å². The van der Waals surface area contributed by atoms with E-state index in [9.17, 15) is 10.1 Å². The van der Waals surface area contributed by atoms with Crippen molar-refractivity contribution in [3.63, 3.8) is 0 Å². The molecule has 8 heteroatoms. The summed E-state index contributed by atoms with van der Waals surface area (Å²) < 4.78 is 1.52. The zero-order chi connectivity index (χ0) is 11.7. The summed E-state index contributed by atoms with van der Waals surface area (Å²) in [5, 5.41) is 14.6. The first-order valence-corrected chi connectivity index (χ1v) is 4.61.